The summed E-state index contributed by atoms with van der Waals surface area (Å²) in [6, 6.07) is 7.23. The van der Waals surface area contributed by atoms with Gasteiger partial charge in [-0.05, 0) is 12.1 Å². The maximum absolute atomic E-state index is 8.88. The number of hydrogen-bond acceptors (Lipinski definition) is 2. The van der Waals surface area contributed by atoms with Crippen molar-refractivity contribution >= 4 is 34.1 Å². The molecule has 0 spiro atoms. The summed E-state index contributed by atoms with van der Waals surface area (Å²) in [4.78, 5) is 4.07. The second-order valence-electron chi connectivity index (χ2n) is 2.76. The van der Waals surface area contributed by atoms with Crippen molar-refractivity contribution in [3.8, 4) is 6.07 Å². The second kappa shape index (κ2) is 3.45. The van der Waals surface area contributed by atoms with Crippen LogP contribution in [0.5, 0.6) is 0 Å². The number of nitriles is 1. The number of pyridine rings is 1. The van der Waals surface area contributed by atoms with Crippen molar-refractivity contribution in [3.05, 3.63) is 40.0 Å². The molecule has 0 unspecified atom stereocenters. The van der Waals surface area contributed by atoms with Crippen molar-refractivity contribution in [2.45, 2.75) is 0 Å². The summed E-state index contributed by atoms with van der Waals surface area (Å²) < 4.78 is 0. The van der Waals surface area contributed by atoms with Crippen molar-refractivity contribution in [1.29, 1.82) is 5.26 Å². The molecule has 1 heterocycles. The Kier molecular flexibility index (Phi) is 2.28. The van der Waals surface area contributed by atoms with Crippen molar-refractivity contribution < 1.29 is 0 Å². The fourth-order valence-corrected chi connectivity index (χ4v) is 1.62. The summed E-state index contributed by atoms with van der Waals surface area (Å²) in [6.07, 6.45) is 1.50. The molecule has 0 N–H and O–H groups in total. The highest BCUT2D eigenvalue weighted by Crippen LogP contribution is 2.25. The number of nitrogens with zero attached hydrogens (tertiary/aromatic N) is 2. The van der Waals surface area contributed by atoms with Crippen molar-refractivity contribution in [1.82, 2.24) is 4.98 Å². The minimum Gasteiger partial charge on any atom is -0.253 e. The van der Waals surface area contributed by atoms with Gasteiger partial charge in [-0.15, -0.1) is 0 Å². The van der Waals surface area contributed by atoms with Crippen LogP contribution in [-0.4, -0.2) is 4.98 Å². The predicted molar refractivity (Wildman–Crippen MR) is 56.5 cm³/mol. The number of rotatable bonds is 0. The molecule has 2 nitrogen and oxygen atoms in total. The molecule has 0 fully saturated rings. The Bertz CT molecular complexity index is 544. The highest BCUT2D eigenvalue weighted by atomic mass is 35.5. The van der Waals surface area contributed by atoms with Gasteiger partial charge in [0.05, 0.1) is 21.1 Å². The van der Waals surface area contributed by atoms with Crippen LogP contribution in [0.1, 0.15) is 5.56 Å². The molecule has 0 aliphatic rings. The molecule has 2 rings (SSSR count). The highest BCUT2D eigenvalue weighted by molar-refractivity contribution is 6.33. The van der Waals surface area contributed by atoms with E-state index in [1.54, 1.807) is 18.2 Å². The van der Waals surface area contributed by atoms with E-state index in [0.717, 1.165) is 5.39 Å². The lowest BCUT2D eigenvalue weighted by molar-refractivity contribution is 1.39. The molecule has 0 saturated heterocycles. The molecule has 0 atom stereocenters. The van der Waals surface area contributed by atoms with Crippen LogP contribution in [0.3, 0.4) is 0 Å². The van der Waals surface area contributed by atoms with Gasteiger partial charge in [0, 0.05) is 11.6 Å². The van der Waals surface area contributed by atoms with E-state index in [1.165, 1.54) is 6.20 Å². The van der Waals surface area contributed by atoms with Gasteiger partial charge in [-0.1, -0.05) is 29.3 Å². The average Bonchev–Trinajstić information content (AvgIpc) is 2.18. The number of aromatic nitrogens is 1. The summed E-state index contributed by atoms with van der Waals surface area (Å²) in [7, 11) is 0. The van der Waals surface area contributed by atoms with E-state index < -0.39 is 0 Å². The zero-order valence-electron chi connectivity index (χ0n) is 6.96. The van der Waals surface area contributed by atoms with Crippen molar-refractivity contribution in [3.63, 3.8) is 0 Å². The van der Waals surface area contributed by atoms with Crippen LogP contribution in [-0.2, 0) is 0 Å². The van der Waals surface area contributed by atoms with Gasteiger partial charge in [0.1, 0.15) is 6.07 Å². The third-order valence-corrected chi connectivity index (χ3v) is 2.40. The van der Waals surface area contributed by atoms with Gasteiger partial charge in [0.15, 0.2) is 0 Å². The van der Waals surface area contributed by atoms with Gasteiger partial charge in [-0.3, -0.25) is 4.98 Å². The lowest BCUT2D eigenvalue weighted by atomic mass is 10.1. The van der Waals surface area contributed by atoms with E-state index in [-0.39, 0.29) is 0 Å². The van der Waals surface area contributed by atoms with Gasteiger partial charge >= 0.3 is 0 Å². The molecular formula is C10H4Cl2N2. The molecule has 0 radical (unpaired) electrons. The predicted octanol–water partition coefficient (Wildman–Crippen LogP) is 3.41. The Hall–Kier alpha value is -1.30. The summed E-state index contributed by atoms with van der Waals surface area (Å²) in [5.41, 5.74) is 0.977. The number of halogens is 2. The van der Waals surface area contributed by atoms with E-state index in [0.29, 0.717) is 21.1 Å². The maximum atomic E-state index is 8.88. The number of hydrogen-bond donors (Lipinski definition) is 0. The molecular weight excluding hydrogens is 219 g/mol. The van der Waals surface area contributed by atoms with Gasteiger partial charge < -0.3 is 0 Å². The second-order valence-corrected chi connectivity index (χ2v) is 3.60. The summed E-state index contributed by atoms with van der Waals surface area (Å²) in [5.74, 6) is 0. The van der Waals surface area contributed by atoms with Crippen LogP contribution in [0.15, 0.2) is 24.4 Å². The van der Waals surface area contributed by atoms with Gasteiger partial charge in [0.2, 0.25) is 0 Å². The van der Waals surface area contributed by atoms with Crippen LogP contribution >= 0.6 is 23.2 Å². The average molecular weight is 223 g/mol. The van der Waals surface area contributed by atoms with Gasteiger partial charge in [-0.25, -0.2) is 0 Å². The highest BCUT2D eigenvalue weighted by Gasteiger charge is 2.06. The quantitative estimate of drug-likeness (QED) is 0.686. The third-order valence-electron chi connectivity index (χ3n) is 1.88. The van der Waals surface area contributed by atoms with Gasteiger partial charge in [-0.2, -0.15) is 5.26 Å². The minimum atomic E-state index is 0.390. The van der Waals surface area contributed by atoms with E-state index >= 15 is 0 Å². The van der Waals surface area contributed by atoms with Crippen LogP contribution in [0.2, 0.25) is 10.0 Å². The number of benzene rings is 1. The zero-order chi connectivity index (χ0) is 10.1. The van der Waals surface area contributed by atoms with E-state index in [1.807, 2.05) is 6.07 Å². The van der Waals surface area contributed by atoms with Crippen LogP contribution < -0.4 is 0 Å². The molecule has 68 valence electrons. The lowest BCUT2D eigenvalue weighted by Crippen LogP contribution is -1.85. The Morgan fingerprint density at radius 3 is 2.79 bits per heavy atom. The molecule has 0 aliphatic heterocycles. The molecule has 1 aromatic carbocycles. The molecule has 0 saturated carbocycles. The minimum absolute atomic E-state index is 0.390. The smallest absolute Gasteiger partial charge is 0.103 e. The maximum Gasteiger partial charge on any atom is 0.103 e. The standard InChI is InChI=1S/C10H4Cl2N2/c11-7-3-6-1-2-9(12)8(4-13)10(6)14-5-7/h1-3,5H. The fourth-order valence-electron chi connectivity index (χ4n) is 1.26. The molecule has 1 aromatic heterocycles. The van der Waals surface area contributed by atoms with Crippen LogP contribution in [0, 0.1) is 11.3 Å². The lowest BCUT2D eigenvalue weighted by Gasteiger charge is -2.01. The Balaban J connectivity index is 2.90. The monoisotopic (exact) mass is 222 g/mol. The summed E-state index contributed by atoms with van der Waals surface area (Å²) >= 11 is 11.6. The van der Waals surface area contributed by atoms with Crippen molar-refractivity contribution in [2.75, 3.05) is 0 Å². The Labute approximate surface area is 90.7 Å². The number of fused-ring (bicyclic) bond motifs is 1. The molecule has 0 aliphatic carbocycles. The first kappa shape index (κ1) is 9.26. The summed E-state index contributed by atoms with van der Waals surface area (Å²) in [6.45, 7) is 0. The first-order chi connectivity index (χ1) is 6.72. The first-order valence-electron chi connectivity index (χ1n) is 3.86. The normalized spacial score (nSPS) is 10.1. The fraction of sp³-hybridized carbons (Fsp3) is 0. The van der Waals surface area contributed by atoms with E-state index in [2.05, 4.69) is 4.98 Å². The molecule has 4 heteroatoms. The van der Waals surface area contributed by atoms with Crippen LogP contribution in [0.4, 0.5) is 0 Å². The van der Waals surface area contributed by atoms with Crippen molar-refractivity contribution in [2.24, 2.45) is 0 Å². The zero-order valence-corrected chi connectivity index (χ0v) is 8.47. The third kappa shape index (κ3) is 1.41. The molecule has 2 aromatic rings. The molecule has 0 bridgehead atoms. The van der Waals surface area contributed by atoms with E-state index in [9.17, 15) is 0 Å². The largest absolute Gasteiger partial charge is 0.253 e. The molecule has 14 heavy (non-hydrogen) atoms. The van der Waals surface area contributed by atoms with Gasteiger partial charge in [0.25, 0.3) is 0 Å². The SMILES string of the molecule is N#Cc1c(Cl)ccc2cc(Cl)cnc12. The van der Waals surface area contributed by atoms with Crippen LogP contribution in [0.25, 0.3) is 10.9 Å². The topological polar surface area (TPSA) is 36.7 Å². The molecule has 0 amide bonds. The Morgan fingerprint density at radius 2 is 2.07 bits per heavy atom. The first-order valence-corrected chi connectivity index (χ1v) is 4.62. The summed E-state index contributed by atoms with van der Waals surface area (Å²) in [5, 5.41) is 10.7. The Morgan fingerprint density at radius 1 is 1.29 bits per heavy atom. The van der Waals surface area contributed by atoms with E-state index in [4.69, 9.17) is 28.5 Å².